The number of carbonyl (C=O) groups excluding carboxylic acids is 1. The highest BCUT2D eigenvalue weighted by Crippen LogP contribution is 2.18. The van der Waals surface area contributed by atoms with Crippen LogP contribution in [0.2, 0.25) is 0 Å². The molecule has 0 spiro atoms. The van der Waals surface area contributed by atoms with Gasteiger partial charge in [0.25, 0.3) is 5.69 Å². The second kappa shape index (κ2) is 5.45. The summed E-state index contributed by atoms with van der Waals surface area (Å²) in [4.78, 5) is 21.4. The molecule has 1 aromatic carbocycles. The Kier molecular flexibility index (Phi) is 3.89. The van der Waals surface area contributed by atoms with E-state index < -0.39 is 27.0 Å². The number of nitro benzene ring substituents is 1. The fourth-order valence-corrected chi connectivity index (χ4v) is 3.41. The molecule has 1 atom stereocenters. The first kappa shape index (κ1) is 14.3. The van der Waals surface area contributed by atoms with E-state index in [9.17, 15) is 23.3 Å². The lowest BCUT2D eigenvalue weighted by Crippen LogP contribution is -2.23. The van der Waals surface area contributed by atoms with Crippen LogP contribution in [0.25, 0.3) is 0 Å². The van der Waals surface area contributed by atoms with Gasteiger partial charge in [-0.1, -0.05) is 0 Å². The summed E-state index contributed by atoms with van der Waals surface area (Å²) in [6, 6.07) is 5.22. The summed E-state index contributed by atoms with van der Waals surface area (Å²) in [5.74, 6) is -0.150. The molecule has 0 radical (unpaired) electrons. The third kappa shape index (κ3) is 3.67. The summed E-state index contributed by atoms with van der Waals surface area (Å²) in [5, 5.41) is 12.8. The number of hydrogen-bond acceptors (Lipinski definition) is 6. The van der Waals surface area contributed by atoms with Crippen LogP contribution in [0.4, 0.5) is 16.2 Å². The first-order valence-electron chi connectivity index (χ1n) is 5.78. The largest absolute Gasteiger partial charge is 0.445 e. The molecule has 9 heteroatoms. The van der Waals surface area contributed by atoms with E-state index >= 15 is 0 Å². The number of non-ortho nitro benzene ring substituents is 1. The second-order valence-electron chi connectivity index (χ2n) is 4.36. The van der Waals surface area contributed by atoms with Crippen molar-refractivity contribution in [3.05, 3.63) is 34.4 Å². The van der Waals surface area contributed by atoms with Crippen molar-refractivity contribution in [1.82, 2.24) is 0 Å². The molecule has 8 nitrogen and oxygen atoms in total. The molecule has 1 unspecified atom stereocenters. The molecule has 0 bridgehead atoms. The number of nitrogens with one attached hydrogen (secondary N) is 1. The zero-order chi connectivity index (χ0) is 14.8. The number of hydrogen-bond donors (Lipinski definition) is 1. The summed E-state index contributed by atoms with van der Waals surface area (Å²) >= 11 is 0. The normalized spacial score (nSPS) is 20.3. The number of amides is 1. The Morgan fingerprint density at radius 1 is 1.35 bits per heavy atom. The number of anilines is 1. The number of rotatable bonds is 3. The van der Waals surface area contributed by atoms with Crippen molar-refractivity contribution in [3.8, 4) is 0 Å². The van der Waals surface area contributed by atoms with E-state index in [4.69, 9.17) is 4.74 Å². The van der Waals surface area contributed by atoms with Crippen LogP contribution in [0.3, 0.4) is 0 Å². The first-order chi connectivity index (χ1) is 9.35. The van der Waals surface area contributed by atoms with Gasteiger partial charge in [0.2, 0.25) is 0 Å². The Bertz CT molecular complexity index is 625. The smallest absolute Gasteiger partial charge is 0.411 e. The minimum Gasteiger partial charge on any atom is -0.445 e. The van der Waals surface area contributed by atoms with Crippen LogP contribution in [-0.2, 0) is 14.6 Å². The molecule has 1 heterocycles. The van der Waals surface area contributed by atoms with Gasteiger partial charge in [-0.2, -0.15) is 0 Å². The third-order valence-corrected chi connectivity index (χ3v) is 4.53. The van der Waals surface area contributed by atoms with E-state index in [0.29, 0.717) is 5.69 Å². The number of sulfone groups is 1. The Morgan fingerprint density at radius 3 is 2.50 bits per heavy atom. The fourth-order valence-electron chi connectivity index (χ4n) is 1.82. The number of nitro groups is 1. The lowest BCUT2D eigenvalue weighted by Gasteiger charge is -2.11. The van der Waals surface area contributed by atoms with Crippen molar-refractivity contribution in [1.29, 1.82) is 0 Å². The van der Waals surface area contributed by atoms with Crippen LogP contribution >= 0.6 is 0 Å². The van der Waals surface area contributed by atoms with Gasteiger partial charge in [-0.3, -0.25) is 15.4 Å². The van der Waals surface area contributed by atoms with Crippen LogP contribution < -0.4 is 5.32 Å². The molecule has 0 saturated carbocycles. The molecule has 1 aliphatic heterocycles. The number of ether oxygens (including phenoxy) is 1. The van der Waals surface area contributed by atoms with E-state index in [2.05, 4.69) is 5.32 Å². The topological polar surface area (TPSA) is 116 Å². The van der Waals surface area contributed by atoms with Gasteiger partial charge in [-0.15, -0.1) is 0 Å². The monoisotopic (exact) mass is 300 g/mol. The summed E-state index contributed by atoms with van der Waals surface area (Å²) < 4.78 is 27.4. The minimum atomic E-state index is -3.11. The predicted octanol–water partition coefficient (Wildman–Crippen LogP) is 1.33. The van der Waals surface area contributed by atoms with Gasteiger partial charge >= 0.3 is 6.09 Å². The van der Waals surface area contributed by atoms with Crippen LogP contribution in [0.5, 0.6) is 0 Å². The molecule has 1 N–H and O–H groups in total. The van der Waals surface area contributed by atoms with Crippen LogP contribution in [0, 0.1) is 10.1 Å². The summed E-state index contributed by atoms with van der Waals surface area (Å²) in [6.45, 7) is 0. The first-order valence-corrected chi connectivity index (χ1v) is 7.60. The quantitative estimate of drug-likeness (QED) is 0.665. The van der Waals surface area contributed by atoms with Crippen molar-refractivity contribution in [2.75, 3.05) is 16.8 Å². The maximum Gasteiger partial charge on any atom is 0.411 e. The zero-order valence-corrected chi connectivity index (χ0v) is 11.1. The summed E-state index contributed by atoms with van der Waals surface area (Å²) in [7, 11) is -3.11. The van der Waals surface area contributed by atoms with Gasteiger partial charge in [-0.05, 0) is 18.6 Å². The van der Waals surface area contributed by atoms with Gasteiger partial charge in [-0.25, -0.2) is 13.2 Å². The highest BCUT2D eigenvalue weighted by atomic mass is 32.2. The van der Waals surface area contributed by atoms with Crippen molar-refractivity contribution in [2.24, 2.45) is 0 Å². The Morgan fingerprint density at radius 2 is 2.00 bits per heavy atom. The zero-order valence-electron chi connectivity index (χ0n) is 10.3. The van der Waals surface area contributed by atoms with Gasteiger partial charge in [0, 0.05) is 17.8 Å². The molecular formula is C11H12N2O6S. The molecule has 20 heavy (non-hydrogen) atoms. The second-order valence-corrected chi connectivity index (χ2v) is 6.59. The molecule has 1 aliphatic rings. The third-order valence-electron chi connectivity index (χ3n) is 2.79. The predicted molar refractivity (Wildman–Crippen MR) is 70.3 cm³/mol. The average molecular weight is 300 g/mol. The van der Waals surface area contributed by atoms with Gasteiger partial charge < -0.3 is 4.74 Å². The molecule has 1 saturated heterocycles. The summed E-state index contributed by atoms with van der Waals surface area (Å²) in [6.07, 6.45) is -1.13. The lowest BCUT2D eigenvalue weighted by molar-refractivity contribution is -0.384. The SMILES string of the molecule is O=C(Nc1ccc([N+](=O)[O-])cc1)OC1CCS(=O)(=O)C1. The lowest BCUT2D eigenvalue weighted by atomic mass is 10.3. The van der Waals surface area contributed by atoms with E-state index in [1.807, 2.05) is 0 Å². The molecule has 0 aromatic heterocycles. The van der Waals surface area contributed by atoms with E-state index in [0.717, 1.165) is 0 Å². The van der Waals surface area contributed by atoms with Crippen LogP contribution in [0.15, 0.2) is 24.3 Å². The number of benzene rings is 1. The minimum absolute atomic E-state index is 0.0163. The summed E-state index contributed by atoms with van der Waals surface area (Å²) in [5.41, 5.74) is 0.243. The van der Waals surface area contributed by atoms with Gasteiger partial charge in [0.1, 0.15) is 6.10 Å². The van der Waals surface area contributed by atoms with Crippen molar-refractivity contribution in [3.63, 3.8) is 0 Å². The maximum absolute atomic E-state index is 11.5. The molecule has 1 amide bonds. The van der Waals surface area contributed by atoms with Crippen molar-refractivity contribution >= 4 is 27.3 Å². The average Bonchev–Trinajstić information content (AvgIpc) is 2.69. The van der Waals surface area contributed by atoms with Crippen LogP contribution in [-0.4, -0.2) is 37.0 Å². The number of nitrogens with zero attached hydrogens (tertiary/aromatic N) is 1. The molecule has 0 aliphatic carbocycles. The highest BCUT2D eigenvalue weighted by Gasteiger charge is 2.30. The van der Waals surface area contributed by atoms with E-state index in [1.165, 1.54) is 24.3 Å². The Hall–Kier alpha value is -2.16. The number of carbonyl (C=O) groups is 1. The highest BCUT2D eigenvalue weighted by molar-refractivity contribution is 7.91. The Labute approximate surface area is 114 Å². The molecule has 2 rings (SSSR count). The standard InChI is InChI=1S/C11H12N2O6S/c14-11(19-10-5-6-20(17,18)7-10)12-8-1-3-9(4-2-8)13(15)16/h1-4,10H,5-7H2,(H,12,14). The van der Waals surface area contributed by atoms with Crippen molar-refractivity contribution < 1.29 is 22.9 Å². The van der Waals surface area contributed by atoms with Gasteiger partial charge in [0.15, 0.2) is 9.84 Å². The molecule has 108 valence electrons. The maximum atomic E-state index is 11.5. The molecule has 1 aromatic rings. The Balaban J connectivity index is 1.90. The van der Waals surface area contributed by atoms with E-state index in [-0.39, 0.29) is 23.6 Å². The van der Waals surface area contributed by atoms with Gasteiger partial charge in [0.05, 0.1) is 16.4 Å². The fraction of sp³-hybridized carbons (Fsp3) is 0.364. The van der Waals surface area contributed by atoms with Crippen LogP contribution in [0.1, 0.15) is 6.42 Å². The van der Waals surface area contributed by atoms with E-state index in [1.54, 1.807) is 0 Å². The molecule has 1 fully saturated rings. The molecular weight excluding hydrogens is 288 g/mol. The van der Waals surface area contributed by atoms with Crippen molar-refractivity contribution in [2.45, 2.75) is 12.5 Å².